The summed E-state index contributed by atoms with van der Waals surface area (Å²) in [6.45, 7) is 3.04. The molecule has 0 fully saturated rings. The van der Waals surface area contributed by atoms with Crippen LogP contribution in [0.3, 0.4) is 0 Å². The van der Waals surface area contributed by atoms with Crippen LogP contribution in [0.5, 0.6) is 0 Å². The molecule has 1 N–H and O–H groups in total. The van der Waals surface area contributed by atoms with Crippen molar-refractivity contribution in [1.29, 1.82) is 0 Å². The van der Waals surface area contributed by atoms with Gasteiger partial charge < -0.3 is 9.88 Å². The van der Waals surface area contributed by atoms with Crippen molar-refractivity contribution in [3.05, 3.63) is 141 Å². The quantitative estimate of drug-likeness (QED) is 0.193. The van der Waals surface area contributed by atoms with E-state index in [9.17, 15) is 14.9 Å². The van der Waals surface area contributed by atoms with Gasteiger partial charge in [0.2, 0.25) is 5.91 Å². The van der Waals surface area contributed by atoms with E-state index in [2.05, 4.69) is 27.0 Å². The molecule has 0 bridgehead atoms. The number of hydrogen-bond acceptors (Lipinski definition) is 4. The summed E-state index contributed by atoms with van der Waals surface area (Å²) < 4.78 is 2.11. The fraction of sp³-hybridized carbons (Fsp3) is 0.161. The number of aromatic nitrogens is 2. The normalized spacial score (nSPS) is 11.8. The summed E-state index contributed by atoms with van der Waals surface area (Å²) >= 11 is 0. The molecule has 1 amide bonds. The Balaban J connectivity index is 1.56. The van der Waals surface area contributed by atoms with Crippen molar-refractivity contribution in [2.45, 2.75) is 32.4 Å². The zero-order valence-corrected chi connectivity index (χ0v) is 21.1. The number of nitrogens with one attached hydrogen (secondary N) is 1. The van der Waals surface area contributed by atoms with Crippen molar-refractivity contribution in [3.8, 4) is 0 Å². The van der Waals surface area contributed by atoms with Gasteiger partial charge in [-0.2, -0.15) is 0 Å². The Kier molecular flexibility index (Phi) is 7.26. The molecule has 3 aromatic carbocycles. The average molecular weight is 505 g/mol. The van der Waals surface area contributed by atoms with Crippen LogP contribution in [0.2, 0.25) is 0 Å². The largest absolute Gasteiger partial charge is 0.352 e. The minimum Gasteiger partial charge on any atom is -0.352 e. The summed E-state index contributed by atoms with van der Waals surface area (Å²) in [5.74, 6) is -0.378. The first kappa shape index (κ1) is 24.9. The predicted molar refractivity (Wildman–Crippen MR) is 148 cm³/mol. The molecule has 5 aromatic rings. The van der Waals surface area contributed by atoms with Crippen molar-refractivity contribution >= 4 is 22.5 Å². The van der Waals surface area contributed by atoms with Crippen LogP contribution in [0.15, 0.2) is 104 Å². The number of fused-ring (bicyclic) bond motifs is 1. The Bertz CT molecular complexity index is 1560. The third-order valence-electron chi connectivity index (χ3n) is 6.79. The highest BCUT2D eigenvalue weighted by molar-refractivity contribution is 5.88. The number of hydrogen-bond donors (Lipinski definition) is 1. The van der Waals surface area contributed by atoms with Gasteiger partial charge in [0.25, 0.3) is 5.69 Å². The molecule has 2 heterocycles. The van der Waals surface area contributed by atoms with E-state index in [1.165, 1.54) is 6.07 Å². The number of rotatable bonds is 9. The number of carbonyl (C=O) groups excluding carboxylic acids is 1. The maximum Gasteiger partial charge on any atom is 0.270 e. The van der Waals surface area contributed by atoms with E-state index < -0.39 is 0 Å². The van der Waals surface area contributed by atoms with Crippen LogP contribution in [0, 0.1) is 17.0 Å². The molecule has 0 aliphatic rings. The van der Waals surface area contributed by atoms with Crippen molar-refractivity contribution in [2.75, 3.05) is 0 Å². The predicted octanol–water partition coefficient (Wildman–Crippen LogP) is 6.14. The van der Waals surface area contributed by atoms with E-state index in [1.54, 1.807) is 24.5 Å². The summed E-state index contributed by atoms with van der Waals surface area (Å²) in [7, 11) is 0. The summed E-state index contributed by atoms with van der Waals surface area (Å²) in [5.41, 5.74) is 6.01. The lowest BCUT2D eigenvalue weighted by molar-refractivity contribution is -0.384. The Morgan fingerprint density at radius 1 is 0.974 bits per heavy atom. The molecule has 0 aliphatic heterocycles. The van der Waals surface area contributed by atoms with Gasteiger partial charge >= 0.3 is 0 Å². The maximum absolute atomic E-state index is 13.2. The number of nitro benzene ring substituents is 1. The van der Waals surface area contributed by atoms with Crippen LogP contribution in [-0.2, 0) is 17.9 Å². The minimum absolute atomic E-state index is 0.0287. The van der Waals surface area contributed by atoms with Crippen molar-refractivity contribution in [2.24, 2.45) is 0 Å². The zero-order valence-electron chi connectivity index (χ0n) is 21.1. The third kappa shape index (κ3) is 5.62. The second-order valence-corrected chi connectivity index (χ2v) is 9.46. The van der Waals surface area contributed by atoms with E-state index in [0.29, 0.717) is 13.1 Å². The number of aryl methyl sites for hydroxylation is 1. The van der Waals surface area contributed by atoms with E-state index in [0.717, 1.165) is 38.7 Å². The first-order valence-corrected chi connectivity index (χ1v) is 12.5. The van der Waals surface area contributed by atoms with E-state index in [1.807, 2.05) is 67.7 Å². The molecule has 38 heavy (non-hydrogen) atoms. The van der Waals surface area contributed by atoms with Crippen molar-refractivity contribution < 1.29 is 9.72 Å². The van der Waals surface area contributed by atoms with Crippen LogP contribution in [0.25, 0.3) is 10.9 Å². The van der Waals surface area contributed by atoms with Crippen molar-refractivity contribution in [1.82, 2.24) is 14.9 Å². The minimum atomic E-state index is -0.375. The SMILES string of the molecule is Cc1ccc(C(CC(=O)NCc2ccncc2)c2cn(Cc3ccccc3)c3ccc([N+](=O)[O-])cc23)cc1. The van der Waals surface area contributed by atoms with Gasteiger partial charge in [-0.15, -0.1) is 0 Å². The summed E-state index contributed by atoms with van der Waals surface area (Å²) in [4.78, 5) is 28.5. The molecule has 0 aliphatic carbocycles. The van der Waals surface area contributed by atoms with Gasteiger partial charge in [0.1, 0.15) is 0 Å². The summed E-state index contributed by atoms with van der Waals surface area (Å²) in [6, 6.07) is 26.9. The molecule has 2 aromatic heterocycles. The van der Waals surface area contributed by atoms with Gasteiger partial charge in [0, 0.05) is 67.1 Å². The van der Waals surface area contributed by atoms with Gasteiger partial charge in [-0.05, 0) is 47.4 Å². The molecule has 0 radical (unpaired) electrons. The van der Waals surface area contributed by atoms with E-state index in [4.69, 9.17) is 0 Å². The van der Waals surface area contributed by atoms with Crippen LogP contribution in [0.1, 0.15) is 40.2 Å². The molecule has 1 atom stereocenters. The highest BCUT2D eigenvalue weighted by Gasteiger charge is 2.24. The smallest absolute Gasteiger partial charge is 0.270 e. The maximum atomic E-state index is 13.2. The number of benzene rings is 3. The third-order valence-corrected chi connectivity index (χ3v) is 6.79. The number of non-ortho nitro benzene ring substituents is 1. The van der Waals surface area contributed by atoms with Crippen molar-refractivity contribution in [3.63, 3.8) is 0 Å². The number of carbonyl (C=O) groups is 1. The standard InChI is InChI=1S/C31H28N4O3/c1-22-7-9-25(10-8-22)27(18-31(36)33-19-23-13-15-32-16-14-23)29-21-34(20-24-5-3-2-4-6-24)30-12-11-26(35(37)38)17-28(29)30/h2-17,21,27H,18-20H2,1H3,(H,33,36). The molecule has 190 valence electrons. The number of nitrogens with zero attached hydrogens (tertiary/aromatic N) is 3. The number of amides is 1. The molecule has 1 unspecified atom stereocenters. The topological polar surface area (TPSA) is 90.1 Å². The Morgan fingerprint density at radius 3 is 2.42 bits per heavy atom. The number of pyridine rings is 1. The highest BCUT2D eigenvalue weighted by atomic mass is 16.6. The highest BCUT2D eigenvalue weighted by Crippen LogP contribution is 2.37. The van der Waals surface area contributed by atoms with Gasteiger partial charge in [0.05, 0.1) is 4.92 Å². The lowest BCUT2D eigenvalue weighted by Gasteiger charge is -2.18. The van der Waals surface area contributed by atoms with Gasteiger partial charge in [-0.1, -0.05) is 60.2 Å². The fourth-order valence-electron chi connectivity index (χ4n) is 4.78. The lowest BCUT2D eigenvalue weighted by Crippen LogP contribution is -2.25. The summed E-state index contributed by atoms with van der Waals surface area (Å²) in [6.07, 6.45) is 5.65. The zero-order chi connectivity index (χ0) is 26.5. The molecule has 7 heteroatoms. The van der Waals surface area contributed by atoms with Gasteiger partial charge in [0.15, 0.2) is 0 Å². The Labute approximate surface area is 220 Å². The number of nitro groups is 1. The van der Waals surface area contributed by atoms with Crippen LogP contribution >= 0.6 is 0 Å². The van der Waals surface area contributed by atoms with Crippen LogP contribution in [-0.4, -0.2) is 20.4 Å². The van der Waals surface area contributed by atoms with E-state index >= 15 is 0 Å². The molecule has 0 saturated carbocycles. The molecule has 0 spiro atoms. The fourth-order valence-corrected chi connectivity index (χ4v) is 4.78. The molecule has 5 rings (SSSR count). The molecular formula is C31H28N4O3. The average Bonchev–Trinajstić information content (AvgIpc) is 3.29. The second-order valence-electron chi connectivity index (χ2n) is 9.46. The lowest BCUT2D eigenvalue weighted by atomic mass is 9.87. The first-order valence-electron chi connectivity index (χ1n) is 12.5. The van der Waals surface area contributed by atoms with E-state index in [-0.39, 0.29) is 28.9 Å². The monoisotopic (exact) mass is 504 g/mol. The van der Waals surface area contributed by atoms with Gasteiger partial charge in [-0.3, -0.25) is 19.9 Å². The van der Waals surface area contributed by atoms with Gasteiger partial charge in [-0.25, -0.2) is 0 Å². The Hall–Kier alpha value is -4.78. The molecular weight excluding hydrogens is 476 g/mol. The summed E-state index contributed by atoms with van der Waals surface area (Å²) in [5, 5.41) is 15.5. The van der Waals surface area contributed by atoms with Crippen LogP contribution < -0.4 is 5.32 Å². The molecule has 0 saturated heterocycles. The van der Waals surface area contributed by atoms with Crippen LogP contribution in [0.4, 0.5) is 5.69 Å². The first-order chi connectivity index (χ1) is 18.5. The molecule has 7 nitrogen and oxygen atoms in total. The Morgan fingerprint density at radius 2 is 1.71 bits per heavy atom. The second kappa shape index (κ2) is 11.1.